The Morgan fingerprint density at radius 3 is 2.00 bits per heavy atom. The Hall–Kier alpha value is -1.42. The number of ether oxygens (including phenoxy) is 2. The van der Waals surface area contributed by atoms with E-state index in [2.05, 4.69) is 106 Å². The molecule has 0 aliphatic heterocycles. The zero-order valence-corrected chi connectivity index (χ0v) is 28.7. The molecule has 0 heterocycles. The fourth-order valence-electron chi connectivity index (χ4n) is 3.89. The van der Waals surface area contributed by atoms with Gasteiger partial charge in [-0.15, -0.1) is 0 Å². The van der Waals surface area contributed by atoms with Crippen molar-refractivity contribution in [3.8, 4) is 5.75 Å². The van der Waals surface area contributed by atoms with Crippen molar-refractivity contribution in [2.24, 2.45) is 11.8 Å². The second-order valence-electron chi connectivity index (χ2n) is 13.8. The second-order valence-corrected chi connectivity index (χ2v) is 23.3. The number of benzene rings is 1. The molecule has 1 rings (SSSR count). The van der Waals surface area contributed by atoms with Crippen molar-refractivity contribution >= 4 is 22.6 Å². The molecule has 0 saturated carbocycles. The Morgan fingerprint density at radius 1 is 0.921 bits per heavy atom. The Morgan fingerprint density at radius 2 is 1.50 bits per heavy atom. The third-order valence-electron chi connectivity index (χ3n) is 8.63. The molecule has 5 nitrogen and oxygen atoms in total. The lowest BCUT2D eigenvalue weighted by molar-refractivity contribution is -0.134. The number of carbonyl (C=O) groups excluding carboxylic acids is 1. The van der Waals surface area contributed by atoms with E-state index in [9.17, 15) is 4.79 Å². The van der Waals surface area contributed by atoms with Crippen LogP contribution >= 0.6 is 0 Å². The average molecular weight is 565 g/mol. The number of rotatable bonds is 13. The zero-order valence-electron chi connectivity index (χ0n) is 26.7. The first-order chi connectivity index (χ1) is 17.3. The third-order valence-corrected chi connectivity index (χ3v) is 17.5. The Kier molecular flexibility index (Phi) is 12.5. The molecule has 0 radical (unpaired) electrons. The van der Waals surface area contributed by atoms with Gasteiger partial charge in [0.25, 0.3) is 0 Å². The predicted octanol–water partition coefficient (Wildman–Crippen LogP) is 8.93. The fourth-order valence-corrected chi connectivity index (χ4v) is 6.40. The van der Waals surface area contributed by atoms with Gasteiger partial charge in [0, 0.05) is 13.2 Å². The predicted molar refractivity (Wildman–Crippen MR) is 165 cm³/mol. The molecular formula is C31H56O5Si2. The molecular weight excluding hydrogens is 509 g/mol. The van der Waals surface area contributed by atoms with Crippen LogP contribution in [0.15, 0.2) is 36.4 Å². The van der Waals surface area contributed by atoms with Crippen LogP contribution in [0.25, 0.3) is 0 Å². The maximum atomic E-state index is 11.8. The molecule has 0 unspecified atom stereocenters. The van der Waals surface area contributed by atoms with Gasteiger partial charge in [0.05, 0.1) is 19.3 Å². The topological polar surface area (TPSA) is 54.0 Å². The molecule has 0 aromatic heterocycles. The number of hydrogen-bond acceptors (Lipinski definition) is 5. The van der Waals surface area contributed by atoms with Crippen LogP contribution in [0, 0.1) is 11.8 Å². The highest BCUT2D eigenvalue weighted by Crippen LogP contribution is 2.41. The molecule has 0 aliphatic carbocycles. The van der Waals surface area contributed by atoms with E-state index in [1.807, 2.05) is 6.08 Å². The molecule has 0 N–H and O–H groups in total. The summed E-state index contributed by atoms with van der Waals surface area (Å²) < 4.78 is 24.3. The van der Waals surface area contributed by atoms with Crippen molar-refractivity contribution in [3.63, 3.8) is 0 Å². The lowest BCUT2D eigenvalue weighted by Gasteiger charge is -2.42. The molecule has 1 aromatic rings. The first-order valence-corrected chi connectivity index (χ1v) is 19.8. The molecule has 0 fully saturated rings. The fraction of sp³-hybridized carbons (Fsp3) is 0.710. The first kappa shape index (κ1) is 34.6. The monoisotopic (exact) mass is 564 g/mol. The normalized spacial score (nSPS) is 16.7. The molecule has 0 spiro atoms. The number of hydrogen-bond donors (Lipinski definition) is 0. The SMILES string of the molecule is COC(=O)/C=C\[C@H](C)[C@H](O[Si](C)(C)C(C)(C)C)[C@@H](C)CC[C@H](OC)c1cccc(O[Si](C)(C)C(C)(C)C)c1. The van der Waals surface area contributed by atoms with Crippen molar-refractivity contribution < 1.29 is 23.1 Å². The summed E-state index contributed by atoms with van der Waals surface area (Å²) in [5, 5.41) is 0.230. The van der Waals surface area contributed by atoms with E-state index < -0.39 is 16.6 Å². The zero-order chi connectivity index (χ0) is 29.5. The van der Waals surface area contributed by atoms with Crippen LogP contribution in [-0.4, -0.2) is 42.9 Å². The van der Waals surface area contributed by atoms with Crippen LogP contribution in [-0.2, 0) is 18.7 Å². The average Bonchev–Trinajstić information content (AvgIpc) is 2.79. The number of carbonyl (C=O) groups is 1. The van der Waals surface area contributed by atoms with Crippen molar-refractivity contribution in [1.82, 2.24) is 0 Å². The number of methoxy groups -OCH3 is 2. The van der Waals surface area contributed by atoms with Gasteiger partial charge in [-0.3, -0.25) is 0 Å². The molecule has 218 valence electrons. The van der Waals surface area contributed by atoms with E-state index in [1.54, 1.807) is 7.11 Å². The van der Waals surface area contributed by atoms with E-state index >= 15 is 0 Å². The third kappa shape index (κ3) is 9.96. The summed E-state index contributed by atoms with van der Waals surface area (Å²) in [6.07, 6.45) is 5.20. The lowest BCUT2D eigenvalue weighted by atomic mass is 9.88. The van der Waals surface area contributed by atoms with Gasteiger partial charge in [-0.1, -0.05) is 73.6 Å². The van der Waals surface area contributed by atoms with Gasteiger partial charge in [-0.2, -0.15) is 0 Å². The quantitative estimate of drug-likeness (QED) is 0.136. The van der Waals surface area contributed by atoms with E-state index in [0.717, 1.165) is 24.2 Å². The van der Waals surface area contributed by atoms with E-state index in [0.29, 0.717) is 0 Å². The maximum absolute atomic E-state index is 11.8. The summed E-state index contributed by atoms with van der Waals surface area (Å²) in [7, 11) is -0.771. The Bertz CT molecular complexity index is 912. The summed E-state index contributed by atoms with van der Waals surface area (Å²) in [6.45, 7) is 27.0. The van der Waals surface area contributed by atoms with Crippen molar-refractivity contribution in [3.05, 3.63) is 42.0 Å². The molecule has 7 heteroatoms. The highest BCUT2D eigenvalue weighted by molar-refractivity contribution is 6.75. The number of esters is 1. The maximum Gasteiger partial charge on any atom is 0.330 e. The van der Waals surface area contributed by atoms with Gasteiger partial charge in [0.15, 0.2) is 8.32 Å². The lowest BCUT2D eigenvalue weighted by Crippen LogP contribution is -2.47. The Balaban J connectivity index is 3.11. The van der Waals surface area contributed by atoms with Gasteiger partial charge in [0.2, 0.25) is 8.32 Å². The van der Waals surface area contributed by atoms with Crippen LogP contribution in [0.5, 0.6) is 5.75 Å². The molecule has 0 saturated heterocycles. The smallest absolute Gasteiger partial charge is 0.330 e. The summed E-state index contributed by atoms with van der Waals surface area (Å²) in [5.41, 5.74) is 1.14. The van der Waals surface area contributed by atoms with Crippen LogP contribution in [0.2, 0.25) is 36.3 Å². The van der Waals surface area contributed by atoms with Crippen molar-refractivity contribution in [2.45, 2.75) is 117 Å². The van der Waals surface area contributed by atoms with E-state index in [4.69, 9.17) is 18.3 Å². The van der Waals surface area contributed by atoms with Crippen LogP contribution < -0.4 is 4.43 Å². The standard InChI is InChI=1S/C31H56O5Si2/c1-23(29(24(2)19-21-28(32)34-10)36-38(13,14)31(6,7)8)18-20-27(33-9)25-16-15-17-26(22-25)35-37(11,12)30(3,4)5/h15-17,19,21-24,27,29H,18,20H2,1-14H3/b21-19-/t23-,24-,27-,29+/m0/s1. The summed E-state index contributed by atoms with van der Waals surface area (Å²) >= 11 is 0. The highest BCUT2D eigenvalue weighted by atomic mass is 28.4. The van der Waals surface area contributed by atoms with Crippen molar-refractivity contribution in [2.75, 3.05) is 14.2 Å². The summed E-state index contributed by atoms with van der Waals surface area (Å²) in [5.74, 6) is 0.922. The summed E-state index contributed by atoms with van der Waals surface area (Å²) in [6, 6.07) is 8.39. The van der Waals surface area contributed by atoms with Crippen LogP contribution in [0.3, 0.4) is 0 Å². The molecule has 38 heavy (non-hydrogen) atoms. The first-order valence-electron chi connectivity index (χ1n) is 14.0. The van der Waals surface area contributed by atoms with Crippen LogP contribution in [0.4, 0.5) is 0 Å². The van der Waals surface area contributed by atoms with E-state index in [1.165, 1.54) is 13.2 Å². The highest BCUT2D eigenvalue weighted by Gasteiger charge is 2.41. The van der Waals surface area contributed by atoms with Crippen LogP contribution in [0.1, 0.15) is 79.9 Å². The second kappa shape index (κ2) is 13.8. The molecule has 0 bridgehead atoms. The molecule has 4 atom stereocenters. The van der Waals surface area contributed by atoms with Gasteiger partial charge >= 0.3 is 5.97 Å². The largest absolute Gasteiger partial charge is 0.543 e. The molecule has 0 amide bonds. The van der Waals surface area contributed by atoms with E-state index in [-0.39, 0.29) is 40.1 Å². The van der Waals surface area contributed by atoms with Gasteiger partial charge in [-0.25, -0.2) is 4.79 Å². The molecule has 0 aliphatic rings. The minimum absolute atomic E-state index is 0.0115. The minimum Gasteiger partial charge on any atom is -0.543 e. The summed E-state index contributed by atoms with van der Waals surface area (Å²) in [4.78, 5) is 11.8. The van der Waals surface area contributed by atoms with Gasteiger partial charge in [0.1, 0.15) is 5.75 Å². The Labute approximate surface area is 235 Å². The minimum atomic E-state index is -2.03. The van der Waals surface area contributed by atoms with Gasteiger partial charge < -0.3 is 18.3 Å². The van der Waals surface area contributed by atoms with Crippen molar-refractivity contribution in [1.29, 1.82) is 0 Å². The van der Waals surface area contributed by atoms with Gasteiger partial charge in [-0.05, 0) is 78.6 Å². The molecule has 1 aromatic carbocycles.